The number of fused-ring (bicyclic) bond motifs is 1. The topological polar surface area (TPSA) is 85.7 Å². The lowest BCUT2D eigenvalue weighted by Gasteiger charge is -2.08. The van der Waals surface area contributed by atoms with E-state index in [-0.39, 0.29) is 22.4 Å². The van der Waals surface area contributed by atoms with E-state index in [9.17, 15) is 14.7 Å². The molecule has 2 aromatic rings. The first-order chi connectivity index (χ1) is 9.08. The lowest BCUT2D eigenvalue weighted by molar-refractivity contribution is 0.0594. The number of aromatic nitrogens is 1. The van der Waals surface area contributed by atoms with E-state index in [2.05, 4.69) is 14.5 Å². The van der Waals surface area contributed by atoms with Crippen LogP contribution in [0.1, 0.15) is 20.8 Å². The Bertz CT molecular complexity index is 665. The van der Waals surface area contributed by atoms with Crippen LogP contribution in [0.5, 0.6) is 5.75 Å². The largest absolute Gasteiger partial charge is 0.507 e. The third-order valence-corrected chi connectivity index (χ3v) is 2.61. The van der Waals surface area contributed by atoms with Gasteiger partial charge in [0.15, 0.2) is 0 Å². The minimum absolute atomic E-state index is 0.0269. The zero-order valence-electron chi connectivity index (χ0n) is 10.3. The molecule has 0 aliphatic heterocycles. The Balaban J connectivity index is 2.80. The van der Waals surface area contributed by atoms with Gasteiger partial charge in [-0.1, -0.05) is 6.07 Å². The molecule has 6 nitrogen and oxygen atoms in total. The number of phenols is 1. The van der Waals surface area contributed by atoms with Crippen molar-refractivity contribution in [2.45, 2.75) is 0 Å². The Morgan fingerprint density at radius 1 is 1.16 bits per heavy atom. The van der Waals surface area contributed by atoms with E-state index in [1.54, 1.807) is 12.1 Å². The highest BCUT2D eigenvalue weighted by molar-refractivity contribution is 6.07. The van der Waals surface area contributed by atoms with Crippen molar-refractivity contribution >= 4 is 22.8 Å². The van der Waals surface area contributed by atoms with Gasteiger partial charge in [0.1, 0.15) is 11.4 Å². The van der Waals surface area contributed by atoms with Gasteiger partial charge in [-0.05, 0) is 18.2 Å². The van der Waals surface area contributed by atoms with Crippen molar-refractivity contribution in [2.75, 3.05) is 14.2 Å². The van der Waals surface area contributed by atoms with Crippen molar-refractivity contribution in [1.29, 1.82) is 0 Å². The van der Waals surface area contributed by atoms with Gasteiger partial charge < -0.3 is 14.6 Å². The van der Waals surface area contributed by atoms with Crippen LogP contribution < -0.4 is 0 Å². The Morgan fingerprint density at radius 3 is 2.47 bits per heavy atom. The molecule has 1 heterocycles. The first-order valence-electron chi connectivity index (χ1n) is 5.38. The van der Waals surface area contributed by atoms with Gasteiger partial charge >= 0.3 is 11.9 Å². The van der Waals surface area contributed by atoms with E-state index in [4.69, 9.17) is 0 Å². The van der Waals surface area contributed by atoms with Gasteiger partial charge in [0.25, 0.3) is 0 Å². The van der Waals surface area contributed by atoms with E-state index in [1.807, 2.05) is 0 Å². The number of carbonyl (C=O) groups is 2. The highest BCUT2D eigenvalue weighted by Gasteiger charge is 2.19. The monoisotopic (exact) mass is 261 g/mol. The Hall–Kier alpha value is -2.63. The fourth-order valence-electron chi connectivity index (χ4n) is 1.75. The van der Waals surface area contributed by atoms with Gasteiger partial charge in [-0.15, -0.1) is 0 Å². The Labute approximate surface area is 108 Å². The first kappa shape index (κ1) is 12.8. The summed E-state index contributed by atoms with van der Waals surface area (Å²) in [5.41, 5.74) is 0.343. The molecule has 0 amide bonds. The highest BCUT2D eigenvalue weighted by atomic mass is 16.5. The average Bonchev–Trinajstić information content (AvgIpc) is 2.44. The molecule has 0 radical (unpaired) electrons. The molecule has 0 aliphatic rings. The fourth-order valence-corrected chi connectivity index (χ4v) is 1.75. The average molecular weight is 261 g/mol. The molecule has 0 aliphatic carbocycles. The molecule has 1 aromatic heterocycles. The molecular weight excluding hydrogens is 250 g/mol. The second kappa shape index (κ2) is 4.93. The maximum Gasteiger partial charge on any atom is 0.356 e. The van der Waals surface area contributed by atoms with E-state index in [1.165, 1.54) is 26.4 Å². The fraction of sp³-hybridized carbons (Fsp3) is 0.154. The quantitative estimate of drug-likeness (QED) is 0.825. The Morgan fingerprint density at radius 2 is 1.84 bits per heavy atom. The molecule has 0 bridgehead atoms. The van der Waals surface area contributed by atoms with E-state index < -0.39 is 11.9 Å². The second-order valence-corrected chi connectivity index (χ2v) is 3.71. The molecule has 19 heavy (non-hydrogen) atoms. The number of phenolic OH excluding ortho intramolecular Hbond substituents is 1. The third-order valence-electron chi connectivity index (χ3n) is 2.61. The normalized spacial score (nSPS) is 10.2. The van der Waals surface area contributed by atoms with Crippen LogP contribution >= 0.6 is 0 Å². The van der Waals surface area contributed by atoms with Crippen LogP contribution in [0, 0.1) is 0 Å². The molecule has 1 N–H and O–H groups in total. The number of pyridine rings is 1. The van der Waals surface area contributed by atoms with Crippen LogP contribution in [0.3, 0.4) is 0 Å². The van der Waals surface area contributed by atoms with Crippen molar-refractivity contribution in [3.8, 4) is 5.75 Å². The smallest absolute Gasteiger partial charge is 0.356 e. The van der Waals surface area contributed by atoms with Gasteiger partial charge in [-0.25, -0.2) is 14.6 Å². The van der Waals surface area contributed by atoms with Gasteiger partial charge in [-0.3, -0.25) is 0 Å². The third kappa shape index (κ3) is 2.20. The maximum absolute atomic E-state index is 11.7. The summed E-state index contributed by atoms with van der Waals surface area (Å²) < 4.78 is 9.21. The molecule has 0 spiro atoms. The van der Waals surface area contributed by atoms with Gasteiger partial charge in [0.05, 0.1) is 30.7 Å². The lowest BCUT2D eigenvalue weighted by atomic mass is 10.1. The zero-order valence-corrected chi connectivity index (χ0v) is 10.3. The number of carbonyl (C=O) groups excluding carboxylic acids is 2. The number of methoxy groups -OCH3 is 2. The molecular formula is C13H11NO5. The molecule has 0 saturated heterocycles. The van der Waals surface area contributed by atoms with Crippen molar-refractivity contribution in [3.63, 3.8) is 0 Å². The summed E-state index contributed by atoms with van der Waals surface area (Å²) in [5.74, 6) is -1.45. The van der Waals surface area contributed by atoms with Crippen molar-refractivity contribution in [3.05, 3.63) is 35.5 Å². The summed E-state index contributed by atoms with van der Waals surface area (Å²) in [6.45, 7) is 0. The van der Waals surface area contributed by atoms with Crippen LogP contribution in [0.25, 0.3) is 10.9 Å². The molecule has 6 heteroatoms. The number of hydrogen-bond acceptors (Lipinski definition) is 6. The number of benzene rings is 1. The minimum atomic E-state index is -0.671. The molecule has 0 unspecified atom stereocenters. The summed E-state index contributed by atoms with van der Waals surface area (Å²) in [6.07, 6.45) is 0. The molecule has 0 saturated carbocycles. The molecule has 98 valence electrons. The lowest BCUT2D eigenvalue weighted by Crippen LogP contribution is -2.09. The number of nitrogens with zero attached hydrogens (tertiary/aromatic N) is 1. The number of esters is 2. The van der Waals surface area contributed by atoms with Crippen LogP contribution in [0.2, 0.25) is 0 Å². The van der Waals surface area contributed by atoms with Gasteiger partial charge in [0.2, 0.25) is 0 Å². The van der Waals surface area contributed by atoms with Gasteiger partial charge in [-0.2, -0.15) is 0 Å². The van der Waals surface area contributed by atoms with E-state index >= 15 is 0 Å². The summed E-state index contributed by atoms with van der Waals surface area (Å²) in [6, 6.07) is 5.80. The highest BCUT2D eigenvalue weighted by Crippen LogP contribution is 2.28. The summed E-state index contributed by atoms with van der Waals surface area (Å²) in [7, 11) is 2.43. The summed E-state index contributed by atoms with van der Waals surface area (Å²) in [4.78, 5) is 27.3. The van der Waals surface area contributed by atoms with Crippen molar-refractivity contribution in [1.82, 2.24) is 4.98 Å². The van der Waals surface area contributed by atoms with Crippen LogP contribution in [-0.4, -0.2) is 36.2 Å². The van der Waals surface area contributed by atoms with Crippen molar-refractivity contribution in [2.24, 2.45) is 0 Å². The van der Waals surface area contributed by atoms with Gasteiger partial charge in [0, 0.05) is 0 Å². The number of hydrogen-bond donors (Lipinski definition) is 1. The SMILES string of the molecule is COC(=O)c1cc(C(=O)OC)c2c(O)cccc2n1. The van der Waals surface area contributed by atoms with E-state index in [0.717, 1.165) is 0 Å². The minimum Gasteiger partial charge on any atom is -0.507 e. The Kier molecular flexibility index (Phi) is 3.33. The van der Waals surface area contributed by atoms with Crippen LogP contribution in [0.4, 0.5) is 0 Å². The van der Waals surface area contributed by atoms with E-state index in [0.29, 0.717) is 5.52 Å². The maximum atomic E-state index is 11.7. The number of ether oxygens (including phenoxy) is 2. The number of aromatic hydroxyl groups is 1. The molecule has 2 rings (SSSR count). The van der Waals surface area contributed by atoms with Crippen LogP contribution in [0.15, 0.2) is 24.3 Å². The van der Waals surface area contributed by atoms with Crippen molar-refractivity contribution < 1.29 is 24.2 Å². The predicted molar refractivity (Wildman–Crippen MR) is 66.1 cm³/mol. The second-order valence-electron chi connectivity index (χ2n) is 3.71. The molecule has 1 aromatic carbocycles. The summed E-state index contributed by atoms with van der Waals surface area (Å²) >= 11 is 0. The zero-order chi connectivity index (χ0) is 14.0. The number of rotatable bonds is 2. The first-order valence-corrected chi connectivity index (χ1v) is 5.38. The van der Waals surface area contributed by atoms with Crippen LogP contribution in [-0.2, 0) is 9.47 Å². The molecule has 0 atom stereocenters. The predicted octanol–water partition coefficient (Wildman–Crippen LogP) is 1.51. The summed E-state index contributed by atoms with van der Waals surface area (Å²) in [5, 5.41) is 10.1. The standard InChI is InChI=1S/C13H11NO5/c1-18-12(16)7-6-9(13(17)19-2)14-8-4-3-5-10(15)11(7)8/h3-6,15H,1-2H3. The molecule has 0 fully saturated rings.